The molecule has 30 heavy (non-hydrogen) atoms. The second-order valence-electron chi connectivity index (χ2n) is 6.89. The Labute approximate surface area is 171 Å². The molecule has 160 valence electrons. The van der Waals surface area contributed by atoms with Gasteiger partial charge in [0.05, 0.1) is 0 Å². The van der Waals surface area contributed by atoms with E-state index in [-0.39, 0.29) is 24.9 Å². The minimum atomic E-state index is -3.90. The van der Waals surface area contributed by atoms with Crippen LogP contribution in [0.1, 0.15) is 18.3 Å². The molecular weight excluding hydrogens is 420 g/mol. The van der Waals surface area contributed by atoms with Gasteiger partial charge in [-0.25, -0.2) is 27.6 Å². The highest BCUT2D eigenvalue weighted by atomic mass is 32.2. The van der Waals surface area contributed by atoms with Crippen molar-refractivity contribution in [1.82, 2.24) is 14.9 Å². The van der Waals surface area contributed by atoms with Gasteiger partial charge in [-0.1, -0.05) is 13.0 Å². The fraction of sp³-hybridized carbons (Fsp3) is 0.316. The Morgan fingerprint density at radius 1 is 1.27 bits per heavy atom. The van der Waals surface area contributed by atoms with E-state index < -0.39 is 38.2 Å². The molecule has 8 nitrogen and oxygen atoms in total. The number of nitrogens with zero attached hydrogens (tertiary/aromatic N) is 3. The Morgan fingerprint density at radius 2 is 1.93 bits per heavy atom. The van der Waals surface area contributed by atoms with Gasteiger partial charge in [-0.2, -0.15) is 4.39 Å². The van der Waals surface area contributed by atoms with Gasteiger partial charge < -0.3 is 14.7 Å². The molecule has 1 aromatic carbocycles. The van der Waals surface area contributed by atoms with Gasteiger partial charge >= 0.3 is 6.09 Å². The number of carbonyl (C=O) groups is 1. The van der Waals surface area contributed by atoms with Gasteiger partial charge in [-0.15, -0.1) is 0 Å². The number of rotatable bonds is 5. The van der Waals surface area contributed by atoms with Crippen molar-refractivity contribution in [3.63, 3.8) is 0 Å². The third-order valence-corrected chi connectivity index (χ3v) is 5.75. The predicted molar refractivity (Wildman–Crippen MR) is 103 cm³/mol. The maximum absolute atomic E-state index is 14.1. The molecule has 1 aromatic heterocycles. The van der Waals surface area contributed by atoms with Gasteiger partial charge in [-0.3, -0.25) is 0 Å². The Bertz CT molecular complexity index is 1100. The summed E-state index contributed by atoms with van der Waals surface area (Å²) >= 11 is 0. The summed E-state index contributed by atoms with van der Waals surface area (Å²) in [6.07, 6.45) is 4.71. The quantitative estimate of drug-likeness (QED) is 0.763. The molecule has 1 atom stereocenters. The molecule has 0 spiro atoms. The smallest absolute Gasteiger partial charge is 0.407 e. The van der Waals surface area contributed by atoms with Gasteiger partial charge in [0.1, 0.15) is 11.5 Å². The van der Waals surface area contributed by atoms with E-state index in [9.17, 15) is 22.0 Å². The molecule has 0 bridgehead atoms. The first-order valence-corrected chi connectivity index (χ1v) is 10.8. The van der Waals surface area contributed by atoms with E-state index >= 15 is 0 Å². The van der Waals surface area contributed by atoms with Crippen molar-refractivity contribution < 1.29 is 31.8 Å². The average Bonchev–Trinajstić information content (AvgIpc) is 2.68. The van der Waals surface area contributed by atoms with Crippen molar-refractivity contribution in [3.8, 4) is 5.75 Å². The molecular formula is C19H19F2N3O5S. The molecule has 1 aliphatic heterocycles. The zero-order chi connectivity index (χ0) is 22.1. The monoisotopic (exact) mass is 439 g/mol. The van der Waals surface area contributed by atoms with Crippen LogP contribution in [0.2, 0.25) is 0 Å². The average molecular weight is 439 g/mol. The summed E-state index contributed by atoms with van der Waals surface area (Å²) in [6, 6.07) is 1.97. The highest BCUT2D eigenvalue weighted by Gasteiger charge is 2.24. The lowest BCUT2D eigenvalue weighted by Gasteiger charge is -2.29. The van der Waals surface area contributed by atoms with Gasteiger partial charge in [-0.05, 0) is 23.6 Å². The van der Waals surface area contributed by atoms with E-state index in [0.717, 1.165) is 29.5 Å². The minimum Gasteiger partial charge on any atom is -0.482 e. The van der Waals surface area contributed by atoms with Crippen molar-refractivity contribution >= 4 is 21.5 Å². The number of sulfone groups is 1. The molecule has 0 radical (unpaired) electrons. The van der Waals surface area contributed by atoms with Crippen LogP contribution in [0.4, 0.5) is 13.6 Å². The number of hydrogen-bond donors (Lipinski definition) is 1. The molecule has 11 heteroatoms. The van der Waals surface area contributed by atoms with E-state index in [2.05, 4.69) is 9.97 Å². The number of benzene rings is 1. The van der Waals surface area contributed by atoms with Crippen molar-refractivity contribution in [2.24, 2.45) is 5.92 Å². The summed E-state index contributed by atoms with van der Waals surface area (Å²) < 4.78 is 56.1. The second kappa shape index (κ2) is 8.34. The highest BCUT2D eigenvalue weighted by molar-refractivity contribution is 7.90. The lowest BCUT2D eigenvalue weighted by atomic mass is 9.92. The number of amides is 1. The zero-order valence-electron chi connectivity index (χ0n) is 16.2. The number of hydrogen-bond acceptors (Lipinski definition) is 6. The Morgan fingerprint density at radius 3 is 2.50 bits per heavy atom. The van der Waals surface area contributed by atoms with E-state index in [1.54, 1.807) is 18.5 Å². The maximum atomic E-state index is 14.1. The normalized spacial score (nSPS) is 16.9. The maximum Gasteiger partial charge on any atom is 0.407 e. The lowest BCUT2D eigenvalue weighted by Crippen LogP contribution is -2.37. The van der Waals surface area contributed by atoms with E-state index in [1.807, 2.05) is 6.92 Å². The molecule has 0 saturated heterocycles. The standard InChI is InChI=1S/C19H19F2N3O5S/c1-11-9-24(19(25)26)6-5-13(11)12-7-22-16(23-8-12)10-29-14-3-4-15(30(2,27)28)18(21)17(14)20/h3-5,7-8,11H,6,9-10H2,1-2H3,(H,25,26). The van der Waals surface area contributed by atoms with Crippen LogP contribution in [-0.2, 0) is 16.4 Å². The molecule has 1 aliphatic rings. The van der Waals surface area contributed by atoms with Gasteiger partial charge in [0.25, 0.3) is 0 Å². The van der Waals surface area contributed by atoms with Crippen molar-refractivity contribution in [3.05, 3.63) is 53.6 Å². The molecule has 1 N–H and O–H groups in total. The van der Waals surface area contributed by atoms with Gasteiger partial charge in [0.15, 0.2) is 27.2 Å². The Balaban J connectivity index is 1.70. The number of ether oxygens (including phenoxy) is 1. The van der Waals surface area contributed by atoms with Crippen LogP contribution in [0.3, 0.4) is 0 Å². The third-order valence-electron chi connectivity index (χ3n) is 4.63. The Hall–Kier alpha value is -3.08. The molecule has 0 fully saturated rings. The van der Waals surface area contributed by atoms with E-state index in [0.29, 0.717) is 6.54 Å². The summed E-state index contributed by atoms with van der Waals surface area (Å²) in [7, 11) is -3.90. The van der Waals surface area contributed by atoms with Crippen LogP contribution in [0.5, 0.6) is 5.75 Å². The van der Waals surface area contributed by atoms with Gasteiger partial charge in [0.2, 0.25) is 5.82 Å². The van der Waals surface area contributed by atoms with Crippen LogP contribution >= 0.6 is 0 Å². The summed E-state index contributed by atoms with van der Waals surface area (Å²) in [5.74, 6) is -3.18. The van der Waals surface area contributed by atoms with Crippen molar-refractivity contribution in [2.75, 3.05) is 19.3 Å². The van der Waals surface area contributed by atoms with Crippen LogP contribution < -0.4 is 4.74 Å². The molecule has 0 aliphatic carbocycles. The number of halogens is 2. The van der Waals surface area contributed by atoms with E-state index in [1.165, 1.54) is 4.90 Å². The lowest BCUT2D eigenvalue weighted by molar-refractivity contribution is 0.145. The summed E-state index contributed by atoms with van der Waals surface area (Å²) in [5, 5.41) is 9.07. The molecule has 2 heterocycles. The highest BCUT2D eigenvalue weighted by Crippen LogP contribution is 2.28. The molecule has 0 saturated carbocycles. The van der Waals surface area contributed by atoms with Crippen LogP contribution in [0.25, 0.3) is 5.57 Å². The van der Waals surface area contributed by atoms with Crippen LogP contribution in [-0.4, -0.2) is 53.8 Å². The SMILES string of the molecule is CC1CN(C(=O)O)CC=C1c1cnc(COc2ccc(S(C)(=O)=O)c(F)c2F)nc1. The Kier molecular flexibility index (Phi) is 6.01. The summed E-state index contributed by atoms with van der Waals surface area (Å²) in [5.41, 5.74) is 1.65. The first-order valence-electron chi connectivity index (χ1n) is 8.88. The second-order valence-corrected chi connectivity index (χ2v) is 8.87. The molecule has 2 aromatic rings. The minimum absolute atomic E-state index is 0.0361. The summed E-state index contributed by atoms with van der Waals surface area (Å²) in [4.78, 5) is 19.9. The first kappa shape index (κ1) is 21.6. The fourth-order valence-corrected chi connectivity index (χ4v) is 3.83. The first-order chi connectivity index (χ1) is 14.1. The third kappa shape index (κ3) is 4.56. The largest absolute Gasteiger partial charge is 0.482 e. The van der Waals surface area contributed by atoms with Crippen LogP contribution in [0.15, 0.2) is 35.5 Å². The van der Waals surface area contributed by atoms with Crippen molar-refractivity contribution in [2.45, 2.75) is 18.4 Å². The van der Waals surface area contributed by atoms with E-state index in [4.69, 9.17) is 9.84 Å². The summed E-state index contributed by atoms with van der Waals surface area (Å²) in [6.45, 7) is 2.28. The molecule has 3 rings (SSSR count). The fourth-order valence-electron chi connectivity index (χ4n) is 3.10. The van der Waals surface area contributed by atoms with Crippen LogP contribution in [0, 0.1) is 17.6 Å². The zero-order valence-corrected chi connectivity index (χ0v) is 17.0. The number of aromatic nitrogens is 2. The van der Waals surface area contributed by atoms with Crippen molar-refractivity contribution in [1.29, 1.82) is 0 Å². The predicted octanol–water partition coefficient (Wildman–Crippen LogP) is 2.75. The number of carboxylic acid groups (broad SMARTS) is 1. The molecule has 1 amide bonds. The van der Waals surface area contributed by atoms with Gasteiger partial charge in [0, 0.05) is 37.3 Å². The molecule has 1 unspecified atom stereocenters. The topological polar surface area (TPSA) is 110 Å².